The van der Waals surface area contributed by atoms with Crippen molar-refractivity contribution >= 4 is 21.6 Å². The summed E-state index contributed by atoms with van der Waals surface area (Å²) in [6.07, 6.45) is 6.55. The highest BCUT2D eigenvalue weighted by Gasteiger charge is 2.36. The number of Topliss-reactive ketones (excluding diaryl/α,β-unsaturated/α-hetero) is 1. The molecular weight excluding hydrogens is 336 g/mol. The Morgan fingerprint density at radius 2 is 1.96 bits per heavy atom. The number of rotatable bonds is 6. The van der Waals surface area contributed by atoms with Crippen molar-refractivity contribution in [3.63, 3.8) is 0 Å². The Labute approximate surface area is 150 Å². The zero-order chi connectivity index (χ0) is 18.1. The molecule has 5 nitrogen and oxygen atoms in total. The lowest BCUT2D eigenvalue weighted by Gasteiger charge is -2.27. The van der Waals surface area contributed by atoms with Crippen molar-refractivity contribution in [3.8, 4) is 0 Å². The SMILES string of the molecule is CCCC(=O)[C@H](CC1(C)CCCC1)N=C1NS(=O)(=O)c2ccccc21. The average Bonchev–Trinajstić information content (AvgIpc) is 3.10. The average molecular weight is 362 g/mol. The zero-order valence-corrected chi connectivity index (χ0v) is 15.7. The van der Waals surface area contributed by atoms with Crippen LogP contribution in [0.2, 0.25) is 0 Å². The van der Waals surface area contributed by atoms with Gasteiger partial charge in [0, 0.05) is 12.0 Å². The number of carbonyl (C=O) groups excluding carboxylic acids is 1. The van der Waals surface area contributed by atoms with Gasteiger partial charge < -0.3 is 0 Å². The standard InChI is InChI=1S/C19H26N2O3S/c1-3-8-16(22)15(13-19(2)11-6-7-12-19)20-18-14-9-4-5-10-17(14)25(23,24)21-18/h4-5,9-10,15H,3,6-8,11-13H2,1-2H3,(H,20,21)/t15-/m0/s1. The fourth-order valence-electron chi connectivity index (χ4n) is 3.93. The predicted molar refractivity (Wildman–Crippen MR) is 98.2 cm³/mol. The Bertz CT molecular complexity index is 793. The first-order valence-corrected chi connectivity index (χ1v) is 10.6. The first-order valence-electron chi connectivity index (χ1n) is 9.07. The molecule has 1 aliphatic carbocycles. The maximum absolute atomic E-state index is 12.7. The molecule has 25 heavy (non-hydrogen) atoms. The van der Waals surface area contributed by atoms with Gasteiger partial charge in [-0.15, -0.1) is 0 Å². The normalized spacial score (nSPS) is 23.2. The Kier molecular flexibility index (Phi) is 5.00. The highest BCUT2D eigenvalue weighted by atomic mass is 32.2. The lowest BCUT2D eigenvalue weighted by atomic mass is 9.80. The van der Waals surface area contributed by atoms with E-state index in [2.05, 4.69) is 16.6 Å². The minimum Gasteiger partial charge on any atom is -0.297 e. The summed E-state index contributed by atoms with van der Waals surface area (Å²) in [7, 11) is -3.57. The molecule has 1 fully saturated rings. The van der Waals surface area contributed by atoms with Crippen molar-refractivity contribution in [1.82, 2.24) is 4.72 Å². The predicted octanol–water partition coefficient (Wildman–Crippen LogP) is 3.43. The molecule has 0 bridgehead atoms. The second kappa shape index (κ2) is 6.90. The van der Waals surface area contributed by atoms with Crippen molar-refractivity contribution < 1.29 is 13.2 Å². The van der Waals surface area contributed by atoms with Gasteiger partial charge in [-0.1, -0.05) is 38.8 Å². The van der Waals surface area contributed by atoms with Crippen molar-refractivity contribution in [3.05, 3.63) is 29.8 Å². The summed E-state index contributed by atoms with van der Waals surface area (Å²) in [5.41, 5.74) is 0.683. The minimum absolute atomic E-state index is 0.103. The van der Waals surface area contributed by atoms with E-state index in [-0.39, 0.29) is 16.1 Å². The van der Waals surface area contributed by atoms with Crippen molar-refractivity contribution in [2.24, 2.45) is 10.4 Å². The molecule has 1 saturated carbocycles. The van der Waals surface area contributed by atoms with Gasteiger partial charge in [0.15, 0.2) is 5.78 Å². The van der Waals surface area contributed by atoms with Crippen LogP contribution in [0.25, 0.3) is 0 Å². The summed E-state index contributed by atoms with van der Waals surface area (Å²) in [5, 5.41) is 0. The molecule has 1 heterocycles. The fraction of sp³-hybridized carbons (Fsp3) is 0.579. The van der Waals surface area contributed by atoms with Gasteiger partial charge >= 0.3 is 0 Å². The molecule has 136 valence electrons. The number of hydrogen-bond donors (Lipinski definition) is 1. The lowest BCUT2D eigenvalue weighted by molar-refractivity contribution is -0.121. The molecule has 0 aromatic heterocycles. The second-order valence-corrected chi connectivity index (χ2v) is 9.18. The molecule has 6 heteroatoms. The molecule has 1 aliphatic heterocycles. The van der Waals surface area contributed by atoms with Gasteiger partial charge in [0.25, 0.3) is 10.0 Å². The van der Waals surface area contributed by atoms with Crippen LogP contribution in [0, 0.1) is 5.41 Å². The third kappa shape index (κ3) is 3.78. The fourth-order valence-corrected chi connectivity index (χ4v) is 5.17. The molecule has 0 radical (unpaired) electrons. The molecule has 1 N–H and O–H groups in total. The Morgan fingerprint density at radius 1 is 1.28 bits per heavy atom. The Balaban J connectivity index is 1.94. The Morgan fingerprint density at radius 3 is 2.64 bits per heavy atom. The maximum Gasteiger partial charge on any atom is 0.263 e. The van der Waals surface area contributed by atoms with Crippen LogP contribution in [0.1, 0.15) is 64.4 Å². The lowest BCUT2D eigenvalue weighted by Crippen LogP contribution is -2.30. The van der Waals surface area contributed by atoms with Gasteiger partial charge in [-0.05, 0) is 43.2 Å². The molecule has 1 aromatic rings. The topological polar surface area (TPSA) is 75.6 Å². The van der Waals surface area contributed by atoms with Crippen LogP contribution in [-0.2, 0) is 14.8 Å². The van der Waals surface area contributed by atoms with E-state index in [1.807, 2.05) is 6.92 Å². The maximum atomic E-state index is 12.7. The van der Waals surface area contributed by atoms with Crippen LogP contribution in [0.5, 0.6) is 0 Å². The molecular formula is C19H26N2O3S. The summed E-state index contributed by atoms with van der Waals surface area (Å²) >= 11 is 0. The third-order valence-corrected chi connectivity index (χ3v) is 6.71. The van der Waals surface area contributed by atoms with E-state index in [9.17, 15) is 13.2 Å². The summed E-state index contributed by atoms with van der Waals surface area (Å²) < 4.78 is 27.1. The number of carbonyl (C=O) groups is 1. The van der Waals surface area contributed by atoms with Gasteiger partial charge in [-0.25, -0.2) is 8.42 Å². The summed E-state index contributed by atoms with van der Waals surface area (Å²) in [4.78, 5) is 17.5. The van der Waals surface area contributed by atoms with Crippen molar-refractivity contribution in [1.29, 1.82) is 0 Å². The van der Waals surface area contributed by atoms with E-state index in [4.69, 9.17) is 0 Å². The molecule has 0 spiro atoms. The smallest absolute Gasteiger partial charge is 0.263 e. The molecule has 3 rings (SSSR count). The molecule has 1 aromatic carbocycles. The van der Waals surface area contributed by atoms with Crippen LogP contribution in [-0.4, -0.2) is 26.1 Å². The quantitative estimate of drug-likeness (QED) is 0.842. The number of amidine groups is 1. The van der Waals surface area contributed by atoms with Gasteiger partial charge in [-0.3, -0.25) is 14.5 Å². The van der Waals surface area contributed by atoms with Gasteiger partial charge in [0.2, 0.25) is 0 Å². The molecule has 0 unspecified atom stereocenters. The van der Waals surface area contributed by atoms with Crippen molar-refractivity contribution in [2.45, 2.75) is 69.7 Å². The molecule has 2 aliphatic rings. The van der Waals surface area contributed by atoms with E-state index in [0.29, 0.717) is 24.2 Å². The molecule has 1 atom stereocenters. The first-order chi connectivity index (χ1) is 11.8. The highest BCUT2D eigenvalue weighted by Crippen LogP contribution is 2.42. The summed E-state index contributed by atoms with van der Waals surface area (Å²) in [5.74, 6) is 0.415. The number of ketones is 1. The number of nitrogens with zero attached hydrogens (tertiary/aromatic N) is 1. The van der Waals surface area contributed by atoms with Gasteiger partial charge in [-0.2, -0.15) is 0 Å². The molecule has 0 saturated heterocycles. The van der Waals surface area contributed by atoms with E-state index in [1.54, 1.807) is 24.3 Å². The second-order valence-electron chi connectivity index (χ2n) is 7.53. The van der Waals surface area contributed by atoms with Crippen LogP contribution in [0.3, 0.4) is 0 Å². The highest BCUT2D eigenvalue weighted by molar-refractivity contribution is 7.90. The zero-order valence-electron chi connectivity index (χ0n) is 14.9. The van der Waals surface area contributed by atoms with Gasteiger partial charge in [0.1, 0.15) is 11.9 Å². The monoisotopic (exact) mass is 362 g/mol. The van der Waals surface area contributed by atoms with Crippen molar-refractivity contribution in [2.75, 3.05) is 0 Å². The van der Waals surface area contributed by atoms with Gasteiger partial charge in [0.05, 0.1) is 4.90 Å². The van der Waals surface area contributed by atoms with E-state index in [0.717, 1.165) is 19.3 Å². The first kappa shape index (κ1) is 18.1. The number of sulfonamides is 1. The minimum atomic E-state index is -3.57. The van der Waals surface area contributed by atoms with E-state index < -0.39 is 16.1 Å². The number of benzene rings is 1. The van der Waals surface area contributed by atoms with Crippen LogP contribution in [0.15, 0.2) is 34.2 Å². The van der Waals surface area contributed by atoms with Crippen LogP contribution in [0.4, 0.5) is 0 Å². The number of nitrogens with one attached hydrogen (secondary N) is 1. The van der Waals surface area contributed by atoms with E-state index in [1.165, 1.54) is 12.8 Å². The van der Waals surface area contributed by atoms with E-state index >= 15 is 0 Å². The number of aliphatic imine (C=N–C) groups is 1. The third-order valence-electron chi connectivity index (χ3n) is 5.31. The summed E-state index contributed by atoms with van der Waals surface area (Å²) in [6.45, 7) is 4.20. The number of hydrogen-bond acceptors (Lipinski definition) is 4. The summed E-state index contributed by atoms with van der Waals surface area (Å²) in [6, 6.07) is 6.32. The van der Waals surface area contributed by atoms with Crippen LogP contribution >= 0.6 is 0 Å². The number of fused-ring (bicyclic) bond motifs is 1. The molecule has 0 amide bonds. The van der Waals surface area contributed by atoms with Crippen LogP contribution < -0.4 is 4.72 Å². The Hall–Kier alpha value is -1.69. The largest absolute Gasteiger partial charge is 0.297 e.